The molecule has 3 N–H and O–H groups in total. The highest BCUT2D eigenvalue weighted by atomic mass is 16.3. The van der Waals surface area contributed by atoms with E-state index in [4.69, 9.17) is 5.73 Å². The summed E-state index contributed by atoms with van der Waals surface area (Å²) in [4.78, 5) is 51.5. The summed E-state index contributed by atoms with van der Waals surface area (Å²) in [7, 11) is 0. The molecule has 2 fully saturated rings. The molecule has 3 amide bonds. The lowest BCUT2D eigenvalue weighted by Crippen LogP contribution is -2.45. The topological polar surface area (TPSA) is 121 Å². The molecule has 151 valence electrons. The van der Waals surface area contributed by atoms with Crippen LogP contribution in [-0.4, -0.2) is 69.7 Å². The Bertz CT molecular complexity index is 606. The monoisotopic (exact) mass is 380 g/mol. The van der Waals surface area contributed by atoms with E-state index in [0.29, 0.717) is 25.3 Å². The number of primary amides is 1. The van der Waals surface area contributed by atoms with Gasteiger partial charge in [0.15, 0.2) is 5.78 Å². The molecular weight excluding hydrogens is 350 g/mol. The minimum atomic E-state index is -1.12. The fraction of sp³-hybridized carbons (Fsp3) is 0.737. The molecule has 1 radical (unpaired) electrons. The van der Waals surface area contributed by atoms with Crippen molar-refractivity contribution in [2.24, 2.45) is 17.6 Å². The molecule has 2 heterocycles. The van der Waals surface area contributed by atoms with E-state index >= 15 is 0 Å². The van der Waals surface area contributed by atoms with Gasteiger partial charge in [0.2, 0.25) is 11.8 Å². The number of likely N-dealkylation sites (tertiary alicyclic amines) is 2. The Labute approximate surface area is 160 Å². The summed E-state index contributed by atoms with van der Waals surface area (Å²) >= 11 is 0. The number of fused-ring (bicyclic) bond motifs is 1. The summed E-state index contributed by atoms with van der Waals surface area (Å²) in [6, 6.07) is -1.05. The molecule has 2 aliphatic rings. The van der Waals surface area contributed by atoms with E-state index in [2.05, 4.69) is 0 Å². The molecule has 4 unspecified atom stereocenters. The van der Waals surface area contributed by atoms with E-state index in [1.54, 1.807) is 6.92 Å². The number of aliphatic hydroxyl groups is 1. The summed E-state index contributed by atoms with van der Waals surface area (Å²) in [6.07, 6.45) is 2.07. The molecule has 0 aromatic rings. The zero-order valence-corrected chi connectivity index (χ0v) is 16.3. The molecule has 0 aliphatic carbocycles. The molecule has 2 saturated heterocycles. The normalized spacial score (nSPS) is 24.3. The minimum absolute atomic E-state index is 0.0750. The Kier molecular flexibility index (Phi) is 6.97. The fourth-order valence-corrected chi connectivity index (χ4v) is 3.68. The lowest BCUT2D eigenvalue weighted by Gasteiger charge is -2.26. The average Bonchev–Trinajstić information content (AvgIpc) is 3.18. The van der Waals surface area contributed by atoms with Crippen LogP contribution in [0.5, 0.6) is 0 Å². The van der Waals surface area contributed by atoms with Crippen molar-refractivity contribution in [3.63, 3.8) is 0 Å². The molecule has 8 heteroatoms. The first-order valence-corrected chi connectivity index (χ1v) is 9.57. The molecule has 4 atom stereocenters. The zero-order chi connectivity index (χ0) is 20.3. The van der Waals surface area contributed by atoms with E-state index in [9.17, 15) is 24.3 Å². The Balaban J connectivity index is 1.98. The van der Waals surface area contributed by atoms with Gasteiger partial charge < -0.3 is 20.6 Å². The SMILES string of the molecule is CC(C)CCC(O)C(=O)N1CC(=O)C2C1CCN2C(=O)[CH]CC(C)C(N)=O. The number of Topliss-reactive ketones (excluding diaryl/α,β-unsaturated/α-hetero) is 1. The smallest absolute Gasteiger partial charge is 0.252 e. The molecule has 2 rings (SSSR count). The summed E-state index contributed by atoms with van der Waals surface area (Å²) in [6.45, 7) is 5.96. The number of aliphatic hydroxyl groups excluding tert-OH is 1. The standard InChI is InChI=1S/C19H30N3O5/c1-11(2)4-6-14(23)19(27)22-10-15(24)17-13(22)8-9-21(17)16(25)7-5-12(3)18(20)26/h7,11-14,17,23H,4-6,8-10H2,1-3H3,(H2,20,26). The van der Waals surface area contributed by atoms with Crippen LogP contribution < -0.4 is 5.73 Å². The van der Waals surface area contributed by atoms with Crippen LogP contribution in [-0.2, 0) is 19.2 Å². The van der Waals surface area contributed by atoms with E-state index < -0.39 is 29.9 Å². The maximum Gasteiger partial charge on any atom is 0.252 e. The summed E-state index contributed by atoms with van der Waals surface area (Å²) < 4.78 is 0. The van der Waals surface area contributed by atoms with Crippen LogP contribution in [0.3, 0.4) is 0 Å². The van der Waals surface area contributed by atoms with Crippen molar-refractivity contribution in [1.29, 1.82) is 0 Å². The fourth-order valence-electron chi connectivity index (χ4n) is 3.68. The van der Waals surface area contributed by atoms with Gasteiger partial charge in [0.1, 0.15) is 12.1 Å². The van der Waals surface area contributed by atoms with Gasteiger partial charge in [0.25, 0.3) is 5.91 Å². The van der Waals surface area contributed by atoms with E-state index in [1.165, 1.54) is 16.2 Å². The van der Waals surface area contributed by atoms with Gasteiger partial charge in [-0.1, -0.05) is 20.8 Å². The van der Waals surface area contributed by atoms with Crippen molar-refractivity contribution in [1.82, 2.24) is 9.80 Å². The lowest BCUT2D eigenvalue weighted by atomic mass is 10.0. The summed E-state index contributed by atoms with van der Waals surface area (Å²) in [5.74, 6) is -1.51. The average molecular weight is 380 g/mol. The van der Waals surface area contributed by atoms with Crippen LogP contribution in [0.15, 0.2) is 0 Å². The number of ketones is 1. The van der Waals surface area contributed by atoms with Gasteiger partial charge in [-0.3, -0.25) is 19.2 Å². The molecule has 2 aliphatic heterocycles. The quantitative estimate of drug-likeness (QED) is 0.608. The van der Waals surface area contributed by atoms with Crippen molar-refractivity contribution in [3.05, 3.63) is 6.42 Å². The van der Waals surface area contributed by atoms with Crippen LogP contribution in [0.25, 0.3) is 0 Å². The highest BCUT2D eigenvalue weighted by Crippen LogP contribution is 2.31. The number of carbonyl (C=O) groups is 4. The van der Waals surface area contributed by atoms with Gasteiger partial charge in [-0.25, -0.2) is 0 Å². The second-order valence-corrected chi connectivity index (χ2v) is 8.00. The summed E-state index contributed by atoms with van der Waals surface area (Å²) in [5, 5.41) is 10.2. The third-order valence-corrected chi connectivity index (χ3v) is 5.42. The maximum absolute atomic E-state index is 12.6. The molecule has 0 bridgehead atoms. The largest absolute Gasteiger partial charge is 0.383 e. The number of amides is 3. The maximum atomic E-state index is 12.6. The van der Waals surface area contributed by atoms with Crippen LogP contribution in [0.4, 0.5) is 0 Å². The number of carbonyl (C=O) groups excluding carboxylic acids is 4. The number of hydrogen-bond donors (Lipinski definition) is 2. The van der Waals surface area contributed by atoms with Crippen molar-refractivity contribution < 1.29 is 24.3 Å². The number of nitrogens with two attached hydrogens (primary N) is 1. The van der Waals surface area contributed by atoms with Crippen molar-refractivity contribution >= 4 is 23.5 Å². The Morgan fingerprint density at radius 2 is 1.89 bits per heavy atom. The van der Waals surface area contributed by atoms with E-state index in [-0.39, 0.29) is 30.7 Å². The first-order chi connectivity index (χ1) is 12.6. The second-order valence-electron chi connectivity index (χ2n) is 8.00. The predicted molar refractivity (Wildman–Crippen MR) is 98.0 cm³/mol. The molecule has 0 aromatic carbocycles. The summed E-state index contributed by atoms with van der Waals surface area (Å²) in [5.41, 5.74) is 5.20. The van der Waals surface area contributed by atoms with Gasteiger partial charge in [0.05, 0.1) is 19.0 Å². The van der Waals surface area contributed by atoms with Gasteiger partial charge in [0, 0.05) is 12.5 Å². The first kappa shape index (κ1) is 21.3. The lowest BCUT2D eigenvalue weighted by molar-refractivity contribution is -0.142. The second kappa shape index (κ2) is 8.82. The highest BCUT2D eigenvalue weighted by molar-refractivity contribution is 5.99. The highest BCUT2D eigenvalue weighted by Gasteiger charge is 2.51. The van der Waals surface area contributed by atoms with Crippen LogP contribution in [0.1, 0.15) is 46.5 Å². The molecule has 0 saturated carbocycles. The zero-order valence-electron chi connectivity index (χ0n) is 16.3. The molecular formula is C19H30N3O5. The molecule has 27 heavy (non-hydrogen) atoms. The third-order valence-electron chi connectivity index (χ3n) is 5.42. The molecule has 0 spiro atoms. The Morgan fingerprint density at radius 1 is 1.22 bits per heavy atom. The number of hydrogen-bond acceptors (Lipinski definition) is 5. The molecule has 8 nitrogen and oxygen atoms in total. The Hall–Kier alpha value is -1.96. The van der Waals surface area contributed by atoms with Crippen molar-refractivity contribution in [2.75, 3.05) is 13.1 Å². The first-order valence-electron chi connectivity index (χ1n) is 9.57. The van der Waals surface area contributed by atoms with Gasteiger partial charge >= 0.3 is 0 Å². The van der Waals surface area contributed by atoms with Crippen LogP contribution in [0, 0.1) is 18.3 Å². The number of rotatable bonds is 8. The van der Waals surface area contributed by atoms with E-state index in [1.807, 2.05) is 13.8 Å². The van der Waals surface area contributed by atoms with Crippen LogP contribution in [0.2, 0.25) is 0 Å². The molecule has 0 aromatic heterocycles. The number of nitrogens with zero attached hydrogens (tertiary/aromatic N) is 2. The van der Waals surface area contributed by atoms with Crippen molar-refractivity contribution in [3.8, 4) is 0 Å². The third kappa shape index (κ3) is 4.86. The van der Waals surface area contributed by atoms with Gasteiger partial charge in [-0.05, 0) is 31.6 Å². The van der Waals surface area contributed by atoms with Gasteiger partial charge in [-0.2, -0.15) is 0 Å². The minimum Gasteiger partial charge on any atom is -0.383 e. The Morgan fingerprint density at radius 3 is 2.48 bits per heavy atom. The van der Waals surface area contributed by atoms with E-state index in [0.717, 1.165) is 6.42 Å². The van der Waals surface area contributed by atoms with Gasteiger partial charge in [-0.15, -0.1) is 0 Å². The van der Waals surface area contributed by atoms with Crippen LogP contribution >= 0.6 is 0 Å². The van der Waals surface area contributed by atoms with Crippen molar-refractivity contribution in [2.45, 2.75) is 64.6 Å². The predicted octanol–water partition coefficient (Wildman–Crippen LogP) is -0.120.